The summed E-state index contributed by atoms with van der Waals surface area (Å²) in [6.45, 7) is 7.58. The van der Waals surface area contributed by atoms with Crippen molar-refractivity contribution in [1.29, 1.82) is 5.26 Å². The van der Waals surface area contributed by atoms with Crippen LogP contribution in [-0.2, 0) is 0 Å². The number of hydrogen-bond donors (Lipinski definition) is 2. The molecule has 9 heteroatoms. The van der Waals surface area contributed by atoms with Crippen LogP contribution in [0.5, 0.6) is 5.75 Å². The summed E-state index contributed by atoms with van der Waals surface area (Å²) in [6.07, 6.45) is 8.13. The third-order valence-electron chi connectivity index (χ3n) is 10.3. The van der Waals surface area contributed by atoms with E-state index >= 15 is 0 Å². The van der Waals surface area contributed by atoms with Gasteiger partial charge in [-0.05, 0) is 100 Å². The second kappa shape index (κ2) is 10.2. The van der Waals surface area contributed by atoms with Crippen molar-refractivity contribution in [2.24, 2.45) is 16.7 Å². The molecule has 41 heavy (non-hydrogen) atoms. The highest BCUT2D eigenvalue weighted by atomic mass is 16.5. The maximum Gasteiger partial charge on any atom is 0.272 e. The molecule has 0 atom stereocenters. The Labute approximate surface area is 241 Å². The van der Waals surface area contributed by atoms with Crippen LogP contribution >= 0.6 is 0 Å². The highest BCUT2D eigenvalue weighted by molar-refractivity contribution is 5.92. The monoisotopic (exact) mass is 556 g/mol. The Morgan fingerprint density at radius 2 is 1.78 bits per heavy atom. The molecule has 7 rings (SSSR count). The molecule has 1 aromatic heterocycles. The summed E-state index contributed by atoms with van der Waals surface area (Å²) in [5.74, 6) is 2.30. The van der Waals surface area contributed by atoms with Gasteiger partial charge in [-0.15, -0.1) is 10.2 Å². The normalized spacial score (nSPS) is 26.8. The molecule has 3 saturated carbocycles. The fourth-order valence-corrected chi connectivity index (χ4v) is 8.30. The van der Waals surface area contributed by atoms with Crippen molar-refractivity contribution in [3.05, 3.63) is 47.2 Å². The first-order valence-corrected chi connectivity index (χ1v) is 15.3. The van der Waals surface area contributed by atoms with Crippen molar-refractivity contribution in [2.45, 2.75) is 76.5 Å². The van der Waals surface area contributed by atoms with Gasteiger partial charge in [0.25, 0.3) is 5.91 Å². The molecule has 5 aliphatic rings. The number of benzene rings is 1. The Kier molecular flexibility index (Phi) is 6.67. The molecule has 2 aromatic rings. The number of carbonyl (C=O) groups excluding carboxylic acids is 1. The topological polar surface area (TPSA) is 115 Å². The number of hydrogen-bond acceptors (Lipinski definition) is 8. The molecule has 1 amide bonds. The predicted octanol–water partition coefficient (Wildman–Crippen LogP) is 3.45. The number of aliphatic hydroxyl groups is 1. The summed E-state index contributed by atoms with van der Waals surface area (Å²) < 4.78 is 6.14. The van der Waals surface area contributed by atoms with Gasteiger partial charge in [-0.2, -0.15) is 5.26 Å². The Balaban J connectivity index is 0.814. The van der Waals surface area contributed by atoms with Crippen LogP contribution in [0.15, 0.2) is 30.3 Å². The van der Waals surface area contributed by atoms with Crippen LogP contribution in [-0.4, -0.2) is 77.1 Å². The average Bonchev–Trinajstić information content (AvgIpc) is 2.88. The van der Waals surface area contributed by atoms with Gasteiger partial charge in [-0.1, -0.05) is 0 Å². The van der Waals surface area contributed by atoms with Crippen molar-refractivity contribution >= 4 is 11.7 Å². The molecule has 2 aliphatic heterocycles. The summed E-state index contributed by atoms with van der Waals surface area (Å²) in [7, 11) is 0. The summed E-state index contributed by atoms with van der Waals surface area (Å²) in [5, 5.41) is 30.5. The van der Waals surface area contributed by atoms with Gasteiger partial charge in [-0.25, -0.2) is 0 Å². The standard InChI is InChI=1S/C32H40N6O3/c1-21-10-27(5-2-23(21)15-33)41-26-6-3-24(4-7-26)34-30(40)28-8-9-29(36-35-28)38-19-31(20-38)11-22(12-31)16-37-17-32(18-37)13-25(39)14-32/h2,5,8-10,22,24-26,39H,3-4,6-7,11-14,16-20H2,1H3,(H,34,40). The number of carbonyl (C=O) groups is 1. The lowest BCUT2D eigenvalue weighted by Gasteiger charge is -2.63. The number of aromatic nitrogens is 2. The second-order valence-corrected chi connectivity index (χ2v) is 13.8. The van der Waals surface area contributed by atoms with Gasteiger partial charge in [0.15, 0.2) is 11.5 Å². The van der Waals surface area contributed by atoms with E-state index in [9.17, 15) is 9.90 Å². The Morgan fingerprint density at radius 3 is 2.41 bits per heavy atom. The van der Waals surface area contributed by atoms with Gasteiger partial charge < -0.3 is 25.0 Å². The summed E-state index contributed by atoms with van der Waals surface area (Å²) in [4.78, 5) is 17.7. The van der Waals surface area contributed by atoms with Gasteiger partial charge in [0, 0.05) is 49.6 Å². The molecule has 0 bridgehead atoms. The van der Waals surface area contributed by atoms with E-state index in [1.165, 1.54) is 32.5 Å². The smallest absolute Gasteiger partial charge is 0.272 e. The molecule has 3 aliphatic carbocycles. The zero-order valence-corrected chi connectivity index (χ0v) is 23.9. The summed E-state index contributed by atoms with van der Waals surface area (Å²) in [6, 6.07) is 11.6. The minimum absolute atomic E-state index is 0.0468. The zero-order chi connectivity index (χ0) is 28.2. The number of nitrogens with zero attached hydrogens (tertiary/aromatic N) is 5. The first-order valence-electron chi connectivity index (χ1n) is 15.3. The molecule has 1 aromatic carbocycles. The molecule has 2 spiro atoms. The number of likely N-dealkylation sites (tertiary alicyclic amines) is 1. The molecule has 2 saturated heterocycles. The van der Waals surface area contributed by atoms with E-state index in [2.05, 4.69) is 31.4 Å². The fourth-order valence-electron chi connectivity index (χ4n) is 8.30. The lowest BCUT2D eigenvalue weighted by atomic mass is 9.56. The molecule has 216 valence electrons. The Morgan fingerprint density at radius 1 is 1.05 bits per heavy atom. The summed E-state index contributed by atoms with van der Waals surface area (Å²) >= 11 is 0. The van der Waals surface area contributed by atoms with Crippen molar-refractivity contribution in [1.82, 2.24) is 20.4 Å². The van der Waals surface area contributed by atoms with E-state index < -0.39 is 0 Å². The average molecular weight is 557 g/mol. The molecular weight excluding hydrogens is 516 g/mol. The van der Waals surface area contributed by atoms with E-state index in [1.54, 1.807) is 12.1 Å². The molecule has 0 radical (unpaired) electrons. The lowest BCUT2D eigenvalue weighted by molar-refractivity contribution is -0.140. The van der Waals surface area contributed by atoms with Gasteiger partial charge in [0.2, 0.25) is 0 Å². The minimum Gasteiger partial charge on any atom is -0.490 e. The Bertz CT molecular complexity index is 1320. The molecule has 3 heterocycles. The number of aliphatic hydroxyl groups excluding tert-OH is 1. The van der Waals surface area contributed by atoms with E-state index in [0.29, 0.717) is 22.1 Å². The zero-order valence-electron chi connectivity index (χ0n) is 23.9. The van der Waals surface area contributed by atoms with Crippen molar-refractivity contribution < 1.29 is 14.6 Å². The molecule has 0 unspecified atom stereocenters. The first-order chi connectivity index (χ1) is 19.8. The van der Waals surface area contributed by atoms with Gasteiger partial charge in [-0.3, -0.25) is 4.79 Å². The van der Waals surface area contributed by atoms with Crippen LogP contribution < -0.4 is 15.0 Å². The van der Waals surface area contributed by atoms with Crippen LogP contribution in [0, 0.1) is 35.0 Å². The highest BCUT2D eigenvalue weighted by Crippen LogP contribution is 2.54. The third kappa shape index (κ3) is 5.28. The lowest BCUT2D eigenvalue weighted by Crippen LogP contribution is -2.67. The van der Waals surface area contributed by atoms with Crippen LogP contribution in [0.3, 0.4) is 0 Å². The predicted molar refractivity (Wildman–Crippen MR) is 154 cm³/mol. The van der Waals surface area contributed by atoms with E-state index in [1.807, 2.05) is 25.1 Å². The van der Waals surface area contributed by atoms with Crippen molar-refractivity contribution in [2.75, 3.05) is 37.6 Å². The van der Waals surface area contributed by atoms with Gasteiger partial charge in [0.1, 0.15) is 5.75 Å². The molecule has 2 N–H and O–H groups in total. The van der Waals surface area contributed by atoms with Crippen LogP contribution in [0.25, 0.3) is 0 Å². The van der Waals surface area contributed by atoms with Crippen molar-refractivity contribution in [3.63, 3.8) is 0 Å². The first kappa shape index (κ1) is 26.7. The molecule has 9 nitrogen and oxygen atoms in total. The number of amides is 1. The molecular formula is C32H40N6O3. The quantitative estimate of drug-likeness (QED) is 0.533. The number of nitriles is 1. The van der Waals surface area contributed by atoms with Gasteiger partial charge in [0.05, 0.1) is 23.8 Å². The van der Waals surface area contributed by atoms with Crippen LogP contribution in [0.1, 0.15) is 73.0 Å². The third-order valence-corrected chi connectivity index (χ3v) is 10.3. The minimum atomic E-state index is -0.165. The van der Waals surface area contributed by atoms with E-state index in [0.717, 1.165) is 74.7 Å². The Hall–Kier alpha value is -3.22. The van der Waals surface area contributed by atoms with E-state index in [-0.39, 0.29) is 24.2 Å². The number of rotatable bonds is 7. The number of nitrogens with one attached hydrogen (secondary N) is 1. The number of anilines is 1. The number of aryl methyl sites for hydroxylation is 1. The SMILES string of the molecule is Cc1cc(OC2CCC(NC(=O)c3ccc(N4CC5(CC(CN6CC7(CC(O)C7)C6)C5)C4)nn3)CC2)ccc1C#N. The second-order valence-electron chi connectivity index (χ2n) is 13.8. The maximum atomic E-state index is 12.8. The van der Waals surface area contributed by atoms with E-state index in [4.69, 9.17) is 10.00 Å². The molecule has 5 fully saturated rings. The highest BCUT2D eigenvalue weighted by Gasteiger charge is 2.56. The summed E-state index contributed by atoms with van der Waals surface area (Å²) in [5.41, 5.74) is 2.86. The number of ether oxygens (including phenoxy) is 1. The van der Waals surface area contributed by atoms with Crippen LogP contribution in [0.2, 0.25) is 0 Å². The maximum absolute atomic E-state index is 12.8. The fraction of sp³-hybridized carbons (Fsp3) is 0.625. The van der Waals surface area contributed by atoms with Gasteiger partial charge >= 0.3 is 0 Å². The largest absolute Gasteiger partial charge is 0.490 e. The van der Waals surface area contributed by atoms with Crippen molar-refractivity contribution in [3.8, 4) is 11.8 Å². The van der Waals surface area contributed by atoms with Crippen LogP contribution in [0.4, 0.5) is 5.82 Å².